The Kier molecular flexibility index (Phi) is 3.09. The van der Waals surface area contributed by atoms with Gasteiger partial charge in [0, 0.05) is 19.0 Å². The highest BCUT2D eigenvalue weighted by molar-refractivity contribution is 5.95. The lowest BCUT2D eigenvalue weighted by molar-refractivity contribution is -0.0183. The van der Waals surface area contributed by atoms with Crippen molar-refractivity contribution in [2.75, 3.05) is 11.9 Å². The maximum absolute atomic E-state index is 12.6. The van der Waals surface area contributed by atoms with Gasteiger partial charge in [0.2, 0.25) is 0 Å². The second-order valence-corrected chi connectivity index (χ2v) is 6.17. The summed E-state index contributed by atoms with van der Waals surface area (Å²) in [5.41, 5.74) is 0.197. The van der Waals surface area contributed by atoms with Crippen LogP contribution in [0.4, 0.5) is 10.5 Å². The molecule has 104 valence electrons. The summed E-state index contributed by atoms with van der Waals surface area (Å²) in [5, 5.41) is 10.7. The molecule has 2 rings (SSSR count). The molecule has 1 saturated heterocycles. The van der Waals surface area contributed by atoms with Crippen LogP contribution in [0.1, 0.15) is 32.8 Å². The van der Waals surface area contributed by atoms with Gasteiger partial charge in [-0.1, -0.05) is 18.2 Å². The van der Waals surface area contributed by atoms with Crippen LogP contribution in [0.25, 0.3) is 0 Å². The molecule has 4 heteroatoms. The van der Waals surface area contributed by atoms with Crippen LogP contribution in [-0.4, -0.2) is 34.3 Å². The summed E-state index contributed by atoms with van der Waals surface area (Å²) in [6.07, 6.45) is 0.497. The number of para-hydroxylation sites is 1. The van der Waals surface area contributed by atoms with Gasteiger partial charge in [-0.15, -0.1) is 0 Å². The number of aliphatic hydroxyl groups is 1. The van der Waals surface area contributed by atoms with Crippen molar-refractivity contribution >= 4 is 11.7 Å². The molecule has 0 radical (unpaired) electrons. The van der Waals surface area contributed by atoms with Gasteiger partial charge in [-0.3, -0.25) is 4.90 Å². The first-order valence-corrected chi connectivity index (χ1v) is 6.53. The summed E-state index contributed by atoms with van der Waals surface area (Å²) in [4.78, 5) is 15.8. The van der Waals surface area contributed by atoms with Gasteiger partial charge in [0.25, 0.3) is 0 Å². The Morgan fingerprint density at radius 1 is 1.21 bits per heavy atom. The quantitative estimate of drug-likeness (QED) is 0.845. The van der Waals surface area contributed by atoms with E-state index >= 15 is 0 Å². The van der Waals surface area contributed by atoms with E-state index in [1.165, 1.54) is 4.90 Å². The van der Waals surface area contributed by atoms with Crippen LogP contribution >= 0.6 is 0 Å². The van der Waals surface area contributed by atoms with Gasteiger partial charge in [-0.2, -0.15) is 0 Å². The highest BCUT2D eigenvalue weighted by Crippen LogP contribution is 2.38. The van der Waals surface area contributed by atoms with Gasteiger partial charge >= 0.3 is 6.03 Å². The van der Waals surface area contributed by atoms with Crippen LogP contribution in [0.15, 0.2) is 24.3 Å². The van der Waals surface area contributed by atoms with Crippen LogP contribution in [0.3, 0.4) is 0 Å². The summed E-state index contributed by atoms with van der Waals surface area (Å²) in [5.74, 6) is 0. The zero-order chi connectivity index (χ0) is 14.4. The SMILES string of the molecule is Cc1ccccc1N1C(=O)N(C)C(C)(C)C[C@@]1(C)O. The molecule has 1 aromatic rings. The van der Waals surface area contributed by atoms with Crippen molar-refractivity contribution in [1.29, 1.82) is 0 Å². The van der Waals surface area contributed by atoms with Crippen molar-refractivity contribution in [2.24, 2.45) is 0 Å². The Balaban J connectivity index is 2.51. The molecular formula is C15H22N2O2. The summed E-state index contributed by atoms with van der Waals surface area (Å²) in [6.45, 7) is 7.58. The molecule has 0 aliphatic carbocycles. The minimum atomic E-state index is -1.18. The number of rotatable bonds is 1. The van der Waals surface area contributed by atoms with Gasteiger partial charge in [-0.25, -0.2) is 4.79 Å². The predicted octanol–water partition coefficient (Wildman–Crippen LogP) is 2.74. The largest absolute Gasteiger partial charge is 0.371 e. The zero-order valence-electron chi connectivity index (χ0n) is 12.3. The highest BCUT2D eigenvalue weighted by Gasteiger charge is 2.49. The van der Waals surface area contributed by atoms with Crippen molar-refractivity contribution in [3.8, 4) is 0 Å². The molecule has 1 aliphatic heterocycles. The third kappa shape index (κ3) is 2.21. The van der Waals surface area contributed by atoms with E-state index < -0.39 is 5.72 Å². The van der Waals surface area contributed by atoms with Crippen molar-refractivity contribution in [2.45, 2.75) is 45.4 Å². The lowest BCUT2D eigenvalue weighted by atomic mass is 9.88. The number of hydrogen-bond acceptors (Lipinski definition) is 2. The number of urea groups is 1. The maximum Gasteiger partial charge on any atom is 0.327 e. The summed E-state index contributed by atoms with van der Waals surface area (Å²) < 4.78 is 0. The monoisotopic (exact) mass is 262 g/mol. The van der Waals surface area contributed by atoms with Gasteiger partial charge in [-0.05, 0) is 39.3 Å². The van der Waals surface area contributed by atoms with Crippen LogP contribution in [0.5, 0.6) is 0 Å². The number of benzene rings is 1. The molecule has 0 aromatic heterocycles. The summed E-state index contributed by atoms with van der Waals surface area (Å²) in [6, 6.07) is 7.45. The lowest BCUT2D eigenvalue weighted by Gasteiger charge is -2.52. The van der Waals surface area contributed by atoms with E-state index in [1.54, 1.807) is 18.9 Å². The summed E-state index contributed by atoms with van der Waals surface area (Å²) in [7, 11) is 1.78. The summed E-state index contributed by atoms with van der Waals surface area (Å²) >= 11 is 0. The molecule has 4 nitrogen and oxygen atoms in total. The van der Waals surface area contributed by atoms with Crippen molar-refractivity contribution in [3.05, 3.63) is 29.8 Å². The van der Waals surface area contributed by atoms with Crippen LogP contribution < -0.4 is 4.90 Å². The van der Waals surface area contributed by atoms with E-state index in [2.05, 4.69) is 0 Å². The Hall–Kier alpha value is -1.55. The molecule has 1 aliphatic rings. The second-order valence-electron chi connectivity index (χ2n) is 6.17. The number of anilines is 1. The molecule has 1 atom stereocenters. The molecule has 0 spiro atoms. The van der Waals surface area contributed by atoms with Gasteiger partial charge in [0.1, 0.15) is 5.72 Å². The lowest BCUT2D eigenvalue weighted by Crippen LogP contribution is -2.67. The van der Waals surface area contributed by atoms with E-state index in [1.807, 2.05) is 45.0 Å². The van der Waals surface area contributed by atoms with E-state index in [0.717, 1.165) is 11.3 Å². The highest BCUT2D eigenvalue weighted by atomic mass is 16.3. The molecular weight excluding hydrogens is 240 g/mol. The number of carbonyl (C=O) groups is 1. The smallest absolute Gasteiger partial charge is 0.327 e. The third-order valence-corrected chi connectivity index (χ3v) is 3.99. The Bertz CT molecular complexity index is 509. The molecule has 19 heavy (non-hydrogen) atoms. The normalized spacial score (nSPS) is 26.7. The molecule has 0 bridgehead atoms. The third-order valence-electron chi connectivity index (χ3n) is 3.99. The average molecular weight is 262 g/mol. The van der Waals surface area contributed by atoms with Crippen LogP contribution in [0.2, 0.25) is 0 Å². The number of carbonyl (C=O) groups excluding carboxylic acids is 1. The van der Waals surface area contributed by atoms with Gasteiger partial charge < -0.3 is 10.0 Å². The zero-order valence-corrected chi connectivity index (χ0v) is 12.3. The fraction of sp³-hybridized carbons (Fsp3) is 0.533. The molecule has 2 amide bonds. The molecule has 0 saturated carbocycles. The van der Waals surface area contributed by atoms with E-state index in [9.17, 15) is 9.90 Å². The second kappa shape index (κ2) is 4.23. The first-order chi connectivity index (χ1) is 8.67. The number of nitrogens with zero attached hydrogens (tertiary/aromatic N) is 2. The van der Waals surface area contributed by atoms with E-state index in [4.69, 9.17) is 0 Å². The average Bonchev–Trinajstić information content (AvgIpc) is 2.27. The fourth-order valence-corrected chi connectivity index (χ4v) is 2.81. The molecule has 1 N–H and O–H groups in total. The predicted molar refractivity (Wildman–Crippen MR) is 76.1 cm³/mol. The van der Waals surface area contributed by atoms with Crippen molar-refractivity contribution in [3.63, 3.8) is 0 Å². The molecule has 0 unspecified atom stereocenters. The van der Waals surface area contributed by atoms with Crippen molar-refractivity contribution < 1.29 is 9.90 Å². The number of aryl methyl sites for hydroxylation is 1. The Morgan fingerprint density at radius 3 is 2.37 bits per heavy atom. The molecule has 1 heterocycles. The van der Waals surface area contributed by atoms with Gasteiger partial charge in [0.15, 0.2) is 0 Å². The molecule has 1 fully saturated rings. The fourth-order valence-electron chi connectivity index (χ4n) is 2.81. The Morgan fingerprint density at radius 2 is 1.79 bits per heavy atom. The first-order valence-electron chi connectivity index (χ1n) is 6.53. The maximum atomic E-state index is 12.6. The first kappa shape index (κ1) is 13.9. The number of amides is 2. The van der Waals surface area contributed by atoms with Crippen LogP contribution in [0, 0.1) is 6.92 Å². The minimum Gasteiger partial charge on any atom is -0.371 e. The molecule has 1 aromatic carbocycles. The van der Waals surface area contributed by atoms with Crippen molar-refractivity contribution in [1.82, 2.24) is 4.90 Å². The van der Waals surface area contributed by atoms with E-state index in [0.29, 0.717) is 6.42 Å². The van der Waals surface area contributed by atoms with Gasteiger partial charge in [0.05, 0.1) is 5.69 Å². The van der Waals surface area contributed by atoms with Crippen LogP contribution in [-0.2, 0) is 0 Å². The standard InChI is InChI=1S/C15H22N2O2/c1-11-8-6-7-9-12(11)17-13(18)16(5)14(2,3)10-15(17,4)19/h6-9,19H,10H2,1-5H3/t15-/m1/s1. The minimum absolute atomic E-state index is 0.171. The Labute approximate surface area is 114 Å². The van der Waals surface area contributed by atoms with E-state index in [-0.39, 0.29) is 11.6 Å². The number of hydrogen-bond donors (Lipinski definition) is 1. The topological polar surface area (TPSA) is 43.8 Å².